The first-order valence-corrected chi connectivity index (χ1v) is 42.0. The Balaban J connectivity index is 0.000000133. The summed E-state index contributed by atoms with van der Waals surface area (Å²) in [5.74, 6) is 3.27. The van der Waals surface area contributed by atoms with Crippen LogP contribution in [0.2, 0.25) is 0 Å². The number of furan rings is 1. The van der Waals surface area contributed by atoms with Crippen LogP contribution in [0.25, 0.3) is 56.6 Å². The van der Waals surface area contributed by atoms with Gasteiger partial charge in [-0.25, -0.2) is 58.0 Å². The molecule has 0 atom stereocenters. The normalized spacial score (nSPS) is 11.8. The summed E-state index contributed by atoms with van der Waals surface area (Å²) in [4.78, 5) is 19.6. The Labute approximate surface area is 634 Å². The van der Waals surface area contributed by atoms with Gasteiger partial charge in [0.1, 0.15) is 34.8 Å². The van der Waals surface area contributed by atoms with Crippen LogP contribution in [0.3, 0.4) is 0 Å². The Morgan fingerprint density at radius 2 is 0.774 bits per heavy atom. The lowest BCUT2D eigenvalue weighted by molar-refractivity contribution is 0.580. The molecule has 0 aliphatic rings. The fourth-order valence-electron chi connectivity index (χ4n) is 10.6. The highest BCUT2D eigenvalue weighted by Crippen LogP contribution is 2.34. The summed E-state index contributed by atoms with van der Waals surface area (Å²) < 4.78 is 122. The van der Waals surface area contributed by atoms with E-state index in [4.69, 9.17) is 9.40 Å². The van der Waals surface area contributed by atoms with Gasteiger partial charge in [0.15, 0.2) is 67.7 Å². The number of rotatable bonds is 17. The van der Waals surface area contributed by atoms with E-state index in [9.17, 15) is 38.1 Å². The third kappa shape index (κ3) is 17.5. The largest absolute Gasteiger partial charge is 0.463 e. The van der Waals surface area contributed by atoms with Crippen molar-refractivity contribution in [1.29, 1.82) is 0 Å². The lowest BCUT2D eigenvalue weighted by Gasteiger charge is -2.12. The van der Waals surface area contributed by atoms with E-state index in [1.54, 1.807) is 158 Å². The van der Waals surface area contributed by atoms with Gasteiger partial charge in [0.25, 0.3) is 0 Å². The Bertz CT molecular complexity index is 6140. The van der Waals surface area contributed by atoms with Crippen LogP contribution >= 0.6 is 47.8 Å². The molecule has 0 amide bonds. The van der Waals surface area contributed by atoms with E-state index in [1.165, 1.54) is 37.0 Å². The molecule has 9 heterocycles. The molecular formula is C73H64Br3FN16O9S4. The molecule has 0 bridgehead atoms. The molecule has 0 aliphatic heterocycles. The van der Waals surface area contributed by atoms with Crippen LogP contribution in [0.1, 0.15) is 37.9 Å². The molecule has 0 saturated carbocycles. The quantitative estimate of drug-likeness (QED) is 0.0658. The SMILES string of the molecule is CC(C)c1cc(Nc2ccc(S(C)(=O)=O)cc2)n2ncc(Br)c2n1.CCc1cnn2c(Nc3ccc(S(C)(=O)=O)cc3)cc(-c3ccccc3)nc12.CS(=O)(=O)c1ccc(Nc2cc(-c3ccccc3F)nc3c(Br)cnn23)cc1.CS(=O)(=O)c1ccc(Nc2cc(-c3ccco3)nc3c(Br)cnn23)cc1. The summed E-state index contributed by atoms with van der Waals surface area (Å²) >= 11 is 10.3. The highest BCUT2D eigenvalue weighted by atomic mass is 79.9. The van der Waals surface area contributed by atoms with Crippen LogP contribution in [0.5, 0.6) is 0 Å². The molecule has 542 valence electrons. The number of fused-ring (bicyclic) bond motifs is 4. The second kappa shape index (κ2) is 31.3. The van der Waals surface area contributed by atoms with E-state index >= 15 is 0 Å². The Hall–Kier alpha value is -10.6. The predicted octanol–water partition coefficient (Wildman–Crippen LogP) is 16.2. The summed E-state index contributed by atoms with van der Waals surface area (Å²) in [6, 6.07) is 53.6. The van der Waals surface area contributed by atoms with Crippen molar-refractivity contribution in [3.63, 3.8) is 0 Å². The van der Waals surface area contributed by atoms with Gasteiger partial charge in [-0.2, -0.15) is 38.5 Å². The highest BCUT2D eigenvalue weighted by Gasteiger charge is 2.20. The van der Waals surface area contributed by atoms with Gasteiger partial charge < -0.3 is 25.7 Å². The highest BCUT2D eigenvalue weighted by molar-refractivity contribution is 9.11. The van der Waals surface area contributed by atoms with Crippen molar-refractivity contribution in [2.45, 2.75) is 52.7 Å². The molecule has 4 N–H and O–H groups in total. The first-order chi connectivity index (χ1) is 50.4. The number of nitrogens with one attached hydrogen (secondary N) is 4. The molecule has 0 fully saturated rings. The van der Waals surface area contributed by atoms with Crippen LogP contribution in [0.4, 0.5) is 50.4 Å². The lowest BCUT2D eigenvalue weighted by Crippen LogP contribution is -2.05. The minimum atomic E-state index is -3.27. The van der Waals surface area contributed by atoms with E-state index in [1.807, 2.05) is 60.8 Å². The number of hydrogen-bond donors (Lipinski definition) is 4. The molecule has 9 aromatic heterocycles. The lowest BCUT2D eigenvalue weighted by atomic mass is 10.1. The van der Waals surface area contributed by atoms with Gasteiger partial charge in [-0.1, -0.05) is 63.2 Å². The fraction of sp³-hybridized carbons (Fsp3) is 0.123. The van der Waals surface area contributed by atoms with Crippen molar-refractivity contribution < 1.29 is 42.5 Å². The van der Waals surface area contributed by atoms with Crippen molar-refractivity contribution >= 4 is 156 Å². The van der Waals surface area contributed by atoms with Gasteiger partial charge in [-0.05, 0) is 181 Å². The molecule has 33 heteroatoms. The average molecular weight is 1700 g/mol. The van der Waals surface area contributed by atoms with Gasteiger partial charge in [0, 0.05) is 94.4 Å². The second-order valence-electron chi connectivity index (χ2n) is 24.3. The second-order valence-corrected chi connectivity index (χ2v) is 34.9. The van der Waals surface area contributed by atoms with E-state index in [0.717, 1.165) is 84.1 Å². The van der Waals surface area contributed by atoms with Crippen molar-refractivity contribution in [1.82, 2.24) is 58.4 Å². The van der Waals surface area contributed by atoms with E-state index in [0.29, 0.717) is 55.8 Å². The third-order valence-electron chi connectivity index (χ3n) is 16.0. The van der Waals surface area contributed by atoms with Crippen LogP contribution in [0.15, 0.2) is 257 Å². The molecule has 25 nitrogen and oxygen atoms in total. The number of halogens is 4. The molecule has 15 rings (SSSR count). The van der Waals surface area contributed by atoms with Gasteiger partial charge in [-0.3, -0.25) is 0 Å². The zero-order valence-corrected chi connectivity index (χ0v) is 65.3. The van der Waals surface area contributed by atoms with Crippen molar-refractivity contribution in [3.8, 4) is 34.0 Å². The number of sulfone groups is 4. The minimum Gasteiger partial charge on any atom is -0.463 e. The number of benzene rings is 6. The Morgan fingerprint density at radius 1 is 0.415 bits per heavy atom. The Kier molecular flexibility index (Phi) is 22.2. The first kappa shape index (κ1) is 75.1. The molecule has 0 saturated heterocycles. The van der Waals surface area contributed by atoms with E-state index in [2.05, 4.69) is 125 Å². The standard InChI is InChI=1S/C21H20N4O2S.C19H14BrFN4O2S.C17H13BrN4O3S.C16H17BrN4O2S/c1-3-15-14-22-25-20(23-17-9-11-18(12-10-17)28(2,26)27)13-19(24-21(15)25)16-7-5-4-6-8-16;1-28(26,27)13-8-6-12(7-9-13)23-18-10-17(14-4-2-3-5-16(14)21)24-19-15(20)11-22-25(18)19;1-26(23,24)12-6-4-11(5-7-12)20-16-9-14(15-3-2-8-25-15)21-17-13(18)10-19-22(16)17;1-10(2)14-8-15(21-16(20-14)13(17)9-18-21)19-11-4-6-12(7-5-11)24(3,22)23/h4-14,23H,3H2,1-2H3;2-11,23H,1H3;2-10,20H,1H3;4-10,19H,1-3H3. The van der Waals surface area contributed by atoms with Crippen molar-refractivity contribution in [2.24, 2.45) is 0 Å². The van der Waals surface area contributed by atoms with E-state index < -0.39 is 39.3 Å². The monoisotopic (exact) mass is 1690 g/mol. The van der Waals surface area contributed by atoms with Gasteiger partial charge in [-0.15, -0.1) is 0 Å². The molecule has 15 aromatic rings. The number of aryl methyl sites for hydroxylation is 1. The maximum atomic E-state index is 14.3. The smallest absolute Gasteiger partial charge is 0.175 e. The van der Waals surface area contributed by atoms with Crippen molar-refractivity contribution in [3.05, 3.63) is 250 Å². The topological polar surface area (TPSA) is 319 Å². The number of anilines is 8. The van der Waals surface area contributed by atoms with Crippen LogP contribution in [0, 0.1) is 5.82 Å². The average Bonchev–Trinajstić information content (AvgIpc) is 1.61. The summed E-state index contributed by atoms with van der Waals surface area (Å²) in [5.41, 5.74) is 11.0. The molecular weight excluding hydrogens is 1630 g/mol. The van der Waals surface area contributed by atoms with Crippen LogP contribution < -0.4 is 21.3 Å². The number of nitrogens with zero attached hydrogens (tertiary/aromatic N) is 12. The molecule has 0 spiro atoms. The first-order valence-electron chi connectivity index (χ1n) is 32.1. The van der Waals surface area contributed by atoms with Crippen LogP contribution in [-0.2, 0) is 45.8 Å². The summed E-state index contributed by atoms with van der Waals surface area (Å²) in [5, 5.41) is 30.4. The Morgan fingerprint density at radius 3 is 1.17 bits per heavy atom. The zero-order chi connectivity index (χ0) is 75.4. The van der Waals surface area contributed by atoms with Crippen molar-refractivity contribution in [2.75, 3.05) is 46.3 Å². The third-order valence-corrected chi connectivity index (χ3v) is 22.2. The molecule has 0 aliphatic carbocycles. The number of aromatic nitrogens is 12. The maximum absolute atomic E-state index is 14.3. The number of hydrogen-bond acceptors (Lipinski definition) is 21. The van der Waals surface area contributed by atoms with Crippen LogP contribution in [-0.4, -0.2) is 117 Å². The van der Waals surface area contributed by atoms with Gasteiger partial charge in [0.2, 0.25) is 0 Å². The molecule has 6 aromatic carbocycles. The summed E-state index contributed by atoms with van der Waals surface area (Å²) in [6.45, 7) is 6.23. The fourth-order valence-corrected chi connectivity index (χ4v) is 14.2. The zero-order valence-electron chi connectivity index (χ0n) is 57.3. The molecule has 0 radical (unpaired) electrons. The summed E-state index contributed by atoms with van der Waals surface area (Å²) in [7, 11) is -12.9. The molecule has 106 heavy (non-hydrogen) atoms. The molecule has 0 unspecified atom stereocenters. The predicted molar refractivity (Wildman–Crippen MR) is 418 cm³/mol. The summed E-state index contributed by atoms with van der Waals surface area (Å²) in [6.07, 6.45) is 13.9. The van der Waals surface area contributed by atoms with E-state index in [-0.39, 0.29) is 31.3 Å². The maximum Gasteiger partial charge on any atom is 0.175 e. The minimum absolute atomic E-state index is 0.229. The van der Waals surface area contributed by atoms with Gasteiger partial charge >= 0.3 is 0 Å². The van der Waals surface area contributed by atoms with Gasteiger partial charge in [0.05, 0.1) is 75.4 Å².